The molecule has 0 radical (unpaired) electrons. The van der Waals surface area contributed by atoms with Crippen molar-refractivity contribution in [1.82, 2.24) is 0 Å². The van der Waals surface area contributed by atoms with Crippen LogP contribution in [0.2, 0.25) is 0 Å². The Kier molecular flexibility index (Phi) is 5.27. The summed E-state index contributed by atoms with van der Waals surface area (Å²) in [5.74, 6) is 0.246. The van der Waals surface area contributed by atoms with Crippen molar-refractivity contribution in [2.45, 2.75) is 33.3 Å². The molecule has 0 unspecified atom stereocenters. The number of hydrogen-bond donors (Lipinski definition) is 1. The van der Waals surface area contributed by atoms with Crippen LogP contribution >= 0.6 is 0 Å². The van der Waals surface area contributed by atoms with E-state index in [-0.39, 0.29) is 0 Å². The number of rotatable bonds is 6. The maximum absolute atomic E-state index is 11.6. The van der Waals surface area contributed by atoms with Crippen molar-refractivity contribution in [3.63, 3.8) is 0 Å². The van der Waals surface area contributed by atoms with E-state index < -0.39 is 12.1 Å². The minimum absolute atomic E-state index is 0.333. The molecule has 0 saturated heterocycles. The topological polar surface area (TPSA) is 55.8 Å². The molecule has 23 heavy (non-hydrogen) atoms. The van der Waals surface area contributed by atoms with E-state index >= 15 is 0 Å². The van der Waals surface area contributed by atoms with Crippen LogP contribution in [0.5, 0.6) is 11.5 Å². The summed E-state index contributed by atoms with van der Waals surface area (Å²) >= 11 is 0. The van der Waals surface area contributed by atoms with Gasteiger partial charge in [0.05, 0.1) is 7.11 Å². The molecule has 0 aromatic heterocycles. The normalized spacial score (nSPS) is 11.8. The Morgan fingerprint density at radius 2 is 1.57 bits per heavy atom. The van der Waals surface area contributed by atoms with Gasteiger partial charge in [-0.25, -0.2) is 4.79 Å². The van der Waals surface area contributed by atoms with Gasteiger partial charge in [0.25, 0.3) is 0 Å². The van der Waals surface area contributed by atoms with Crippen LogP contribution in [0.25, 0.3) is 0 Å². The Morgan fingerprint density at radius 3 is 2.04 bits per heavy atom. The second-order valence-electron chi connectivity index (χ2n) is 5.70. The van der Waals surface area contributed by atoms with Gasteiger partial charge in [-0.05, 0) is 61.7 Å². The van der Waals surface area contributed by atoms with Gasteiger partial charge in [-0.3, -0.25) is 0 Å². The number of aryl methyl sites for hydroxylation is 3. The molecule has 122 valence electrons. The molecule has 4 heteroatoms. The molecular weight excluding hydrogens is 292 g/mol. The number of aliphatic carboxylic acids is 1. The molecule has 0 aliphatic carbocycles. The van der Waals surface area contributed by atoms with Gasteiger partial charge >= 0.3 is 5.97 Å². The van der Waals surface area contributed by atoms with Crippen molar-refractivity contribution < 1.29 is 19.4 Å². The van der Waals surface area contributed by atoms with Gasteiger partial charge in [-0.2, -0.15) is 0 Å². The lowest BCUT2D eigenvalue weighted by atomic mass is 9.95. The van der Waals surface area contributed by atoms with E-state index in [1.54, 1.807) is 31.4 Å². The van der Waals surface area contributed by atoms with Crippen LogP contribution in [-0.4, -0.2) is 24.3 Å². The van der Waals surface area contributed by atoms with E-state index in [2.05, 4.69) is 12.1 Å². The van der Waals surface area contributed by atoms with Crippen LogP contribution < -0.4 is 9.47 Å². The van der Waals surface area contributed by atoms with Crippen LogP contribution in [-0.2, 0) is 11.2 Å². The van der Waals surface area contributed by atoms with Gasteiger partial charge in [-0.15, -0.1) is 0 Å². The molecule has 2 rings (SSSR count). The van der Waals surface area contributed by atoms with Crippen molar-refractivity contribution in [2.24, 2.45) is 0 Å². The largest absolute Gasteiger partial charge is 0.497 e. The van der Waals surface area contributed by atoms with Crippen LogP contribution in [0.1, 0.15) is 22.3 Å². The van der Waals surface area contributed by atoms with Gasteiger partial charge in [0.2, 0.25) is 0 Å². The molecule has 0 fully saturated rings. The molecule has 0 saturated carbocycles. The molecule has 0 heterocycles. The average Bonchev–Trinajstić information content (AvgIpc) is 2.50. The highest BCUT2D eigenvalue weighted by Crippen LogP contribution is 2.22. The van der Waals surface area contributed by atoms with E-state index in [1.807, 2.05) is 20.8 Å². The molecule has 0 bridgehead atoms. The average molecular weight is 314 g/mol. The second-order valence-corrected chi connectivity index (χ2v) is 5.70. The molecule has 0 amide bonds. The van der Waals surface area contributed by atoms with Crippen LogP contribution in [0.3, 0.4) is 0 Å². The summed E-state index contributed by atoms with van der Waals surface area (Å²) in [4.78, 5) is 11.6. The van der Waals surface area contributed by atoms with Crippen molar-refractivity contribution >= 4 is 5.97 Å². The summed E-state index contributed by atoms with van der Waals surface area (Å²) in [7, 11) is 1.58. The molecule has 1 N–H and O–H groups in total. The Labute approximate surface area is 136 Å². The number of carbonyl (C=O) groups is 1. The minimum Gasteiger partial charge on any atom is -0.497 e. The number of benzene rings is 2. The summed E-state index contributed by atoms with van der Waals surface area (Å²) in [6.07, 6.45) is -0.595. The standard InChI is InChI=1S/C19H22O4/c1-12-9-13(2)17(14(3)10-12)11-18(19(20)21)23-16-7-5-15(22-4)6-8-16/h5-10,18H,11H2,1-4H3,(H,20,21)/t18-/m1/s1. The van der Waals surface area contributed by atoms with E-state index in [4.69, 9.17) is 9.47 Å². The predicted octanol–water partition coefficient (Wildman–Crippen LogP) is 3.70. The zero-order valence-corrected chi connectivity index (χ0v) is 13.9. The number of ether oxygens (including phenoxy) is 2. The second kappa shape index (κ2) is 7.18. The number of carboxylic acid groups (broad SMARTS) is 1. The lowest BCUT2D eigenvalue weighted by Gasteiger charge is -2.18. The van der Waals surface area contributed by atoms with Crippen molar-refractivity contribution in [3.05, 3.63) is 58.7 Å². The fraction of sp³-hybridized carbons (Fsp3) is 0.316. The Balaban J connectivity index is 2.20. The lowest BCUT2D eigenvalue weighted by Crippen LogP contribution is -2.30. The maximum Gasteiger partial charge on any atom is 0.345 e. The quantitative estimate of drug-likeness (QED) is 0.883. The van der Waals surface area contributed by atoms with Gasteiger partial charge < -0.3 is 14.6 Å². The summed E-state index contributed by atoms with van der Waals surface area (Å²) in [5, 5.41) is 9.48. The first-order chi connectivity index (χ1) is 10.9. The van der Waals surface area contributed by atoms with Gasteiger partial charge in [0.1, 0.15) is 11.5 Å². The third kappa shape index (κ3) is 4.25. The number of methoxy groups -OCH3 is 1. The zero-order valence-electron chi connectivity index (χ0n) is 13.9. The minimum atomic E-state index is -0.972. The number of carboxylic acids is 1. The van der Waals surface area contributed by atoms with Crippen molar-refractivity contribution in [1.29, 1.82) is 0 Å². The first-order valence-electron chi connectivity index (χ1n) is 7.51. The van der Waals surface area contributed by atoms with Crippen molar-refractivity contribution in [3.8, 4) is 11.5 Å². The zero-order chi connectivity index (χ0) is 17.0. The fourth-order valence-corrected chi connectivity index (χ4v) is 2.72. The Morgan fingerprint density at radius 1 is 1.04 bits per heavy atom. The highest BCUT2D eigenvalue weighted by atomic mass is 16.5. The Hall–Kier alpha value is -2.49. The van der Waals surface area contributed by atoms with Gasteiger partial charge in [-0.1, -0.05) is 17.7 Å². The monoisotopic (exact) mass is 314 g/mol. The first-order valence-corrected chi connectivity index (χ1v) is 7.51. The highest BCUT2D eigenvalue weighted by Gasteiger charge is 2.22. The fourth-order valence-electron chi connectivity index (χ4n) is 2.72. The van der Waals surface area contributed by atoms with Crippen molar-refractivity contribution in [2.75, 3.05) is 7.11 Å². The Bertz CT molecular complexity index is 666. The number of hydrogen-bond acceptors (Lipinski definition) is 3. The maximum atomic E-state index is 11.6. The SMILES string of the molecule is COc1ccc(O[C@H](Cc2c(C)cc(C)cc2C)C(=O)O)cc1. The van der Waals surface area contributed by atoms with Crippen LogP contribution in [0, 0.1) is 20.8 Å². The molecule has 0 spiro atoms. The molecule has 0 aliphatic heterocycles. The summed E-state index contributed by atoms with van der Waals surface area (Å²) in [6, 6.07) is 11.0. The molecule has 2 aromatic rings. The highest BCUT2D eigenvalue weighted by molar-refractivity contribution is 5.73. The van der Waals surface area contributed by atoms with E-state index in [0.29, 0.717) is 17.9 Å². The third-order valence-electron chi connectivity index (χ3n) is 3.84. The van der Waals surface area contributed by atoms with Gasteiger partial charge in [0.15, 0.2) is 6.10 Å². The van der Waals surface area contributed by atoms with E-state index in [9.17, 15) is 9.90 Å². The summed E-state index contributed by atoms with van der Waals surface area (Å²) in [5.41, 5.74) is 4.38. The third-order valence-corrected chi connectivity index (χ3v) is 3.84. The summed E-state index contributed by atoms with van der Waals surface area (Å²) < 4.78 is 10.8. The van der Waals surface area contributed by atoms with Crippen LogP contribution in [0.4, 0.5) is 0 Å². The first kappa shape index (κ1) is 16.9. The smallest absolute Gasteiger partial charge is 0.345 e. The lowest BCUT2D eigenvalue weighted by molar-refractivity contribution is -0.145. The summed E-state index contributed by atoms with van der Waals surface area (Å²) in [6.45, 7) is 6.04. The van der Waals surface area contributed by atoms with Gasteiger partial charge in [0, 0.05) is 6.42 Å². The molecule has 1 atom stereocenters. The van der Waals surface area contributed by atoms with Crippen LogP contribution in [0.15, 0.2) is 36.4 Å². The van der Waals surface area contributed by atoms with E-state index in [1.165, 1.54) is 5.56 Å². The molecular formula is C19H22O4. The predicted molar refractivity (Wildman–Crippen MR) is 89.4 cm³/mol. The molecule has 4 nitrogen and oxygen atoms in total. The molecule has 2 aromatic carbocycles. The molecule has 0 aliphatic rings. The van der Waals surface area contributed by atoms with E-state index in [0.717, 1.165) is 16.7 Å².